The van der Waals surface area contributed by atoms with Gasteiger partial charge < -0.3 is 9.47 Å². The third-order valence-electron chi connectivity index (χ3n) is 4.13. The van der Waals surface area contributed by atoms with Crippen molar-refractivity contribution < 1.29 is 23.9 Å². The maximum absolute atomic E-state index is 12.5. The maximum Gasteiger partial charge on any atom is 0.417 e. The molecule has 2 fully saturated rings. The Labute approximate surface area is 140 Å². The molecule has 1 aliphatic heterocycles. The number of ether oxygens (including phenoxy) is 2. The van der Waals surface area contributed by atoms with Crippen LogP contribution in [0.1, 0.15) is 32.8 Å². The fraction of sp³-hybridized carbons (Fsp3) is 0.500. The molecule has 0 radical (unpaired) electrons. The van der Waals surface area contributed by atoms with Crippen LogP contribution in [0.25, 0.3) is 0 Å². The van der Waals surface area contributed by atoms with Crippen molar-refractivity contribution >= 4 is 18.0 Å². The molecule has 0 N–H and O–H groups in total. The van der Waals surface area contributed by atoms with Crippen LogP contribution in [0.4, 0.5) is 4.79 Å². The second-order valence-electron chi connectivity index (χ2n) is 7.23. The first-order valence-electron chi connectivity index (χ1n) is 8.04. The summed E-state index contributed by atoms with van der Waals surface area (Å²) in [5, 5.41) is 0. The Morgan fingerprint density at radius 2 is 1.88 bits per heavy atom. The predicted octanol–water partition coefficient (Wildman–Crippen LogP) is 2.51. The molecular weight excluding hydrogens is 310 g/mol. The SMILES string of the molecule is CC(C)(C)OC(=O)N1C(=O)[C@@H]2C[C@@H]2[C@H]1C(=O)OCc1ccccc1. The van der Waals surface area contributed by atoms with Gasteiger partial charge in [0.05, 0.1) is 0 Å². The van der Waals surface area contributed by atoms with Crippen LogP contribution in [0.5, 0.6) is 0 Å². The number of hydrogen-bond donors (Lipinski definition) is 0. The zero-order chi connectivity index (χ0) is 17.5. The van der Waals surface area contributed by atoms with Crippen molar-refractivity contribution in [2.75, 3.05) is 0 Å². The molecule has 1 heterocycles. The Balaban J connectivity index is 1.69. The first kappa shape index (κ1) is 16.5. The average molecular weight is 331 g/mol. The second kappa shape index (κ2) is 5.92. The number of fused-ring (bicyclic) bond motifs is 1. The first-order chi connectivity index (χ1) is 11.3. The highest BCUT2D eigenvalue weighted by Crippen LogP contribution is 2.51. The highest BCUT2D eigenvalue weighted by Gasteiger charge is 2.64. The van der Waals surface area contributed by atoms with Crippen LogP contribution in [0.2, 0.25) is 0 Å². The average Bonchev–Trinajstić information content (AvgIpc) is 3.23. The van der Waals surface area contributed by atoms with Gasteiger partial charge in [-0.1, -0.05) is 30.3 Å². The van der Waals surface area contributed by atoms with Gasteiger partial charge >= 0.3 is 12.1 Å². The van der Waals surface area contributed by atoms with Gasteiger partial charge in [0.2, 0.25) is 5.91 Å². The van der Waals surface area contributed by atoms with Gasteiger partial charge in [0.15, 0.2) is 0 Å². The summed E-state index contributed by atoms with van der Waals surface area (Å²) in [6.07, 6.45) is -0.148. The molecular formula is C18H21NO5. The second-order valence-corrected chi connectivity index (χ2v) is 7.23. The monoisotopic (exact) mass is 331 g/mol. The lowest BCUT2D eigenvalue weighted by Gasteiger charge is -2.28. The summed E-state index contributed by atoms with van der Waals surface area (Å²) in [5.41, 5.74) is 0.120. The van der Waals surface area contributed by atoms with E-state index in [1.54, 1.807) is 20.8 Å². The van der Waals surface area contributed by atoms with E-state index in [1.165, 1.54) is 0 Å². The Morgan fingerprint density at radius 1 is 1.21 bits per heavy atom. The zero-order valence-electron chi connectivity index (χ0n) is 14.0. The van der Waals surface area contributed by atoms with Gasteiger partial charge in [-0.3, -0.25) is 4.79 Å². The molecule has 0 bridgehead atoms. The minimum absolute atomic E-state index is 0.115. The molecule has 3 rings (SSSR count). The number of rotatable bonds is 3. The zero-order valence-corrected chi connectivity index (χ0v) is 14.0. The molecule has 128 valence electrons. The van der Waals surface area contributed by atoms with Crippen LogP contribution in [0.15, 0.2) is 30.3 Å². The Hall–Kier alpha value is -2.37. The summed E-state index contributed by atoms with van der Waals surface area (Å²) in [6.45, 7) is 5.27. The van der Waals surface area contributed by atoms with Crippen molar-refractivity contribution in [2.45, 2.75) is 45.4 Å². The third-order valence-corrected chi connectivity index (χ3v) is 4.13. The number of benzene rings is 1. The smallest absolute Gasteiger partial charge is 0.417 e. The van der Waals surface area contributed by atoms with E-state index in [1.807, 2.05) is 30.3 Å². The standard InChI is InChI=1S/C18H21NO5/c1-18(2,3)24-17(22)19-14(12-9-13(12)15(19)20)16(21)23-10-11-7-5-4-6-8-11/h4-8,12-14H,9-10H2,1-3H3/t12-,13+,14-/m0/s1. The third kappa shape index (κ3) is 3.27. The number of imide groups is 1. The lowest BCUT2D eigenvalue weighted by atomic mass is 10.2. The molecule has 0 aromatic heterocycles. The van der Waals surface area contributed by atoms with E-state index in [9.17, 15) is 14.4 Å². The molecule has 3 atom stereocenters. The van der Waals surface area contributed by atoms with Crippen molar-refractivity contribution in [1.82, 2.24) is 4.90 Å². The lowest BCUT2D eigenvalue weighted by Crippen LogP contribution is -2.48. The molecule has 1 aromatic carbocycles. The van der Waals surface area contributed by atoms with Crippen molar-refractivity contribution in [2.24, 2.45) is 11.8 Å². The number of hydrogen-bond acceptors (Lipinski definition) is 5. The van der Waals surface area contributed by atoms with E-state index in [-0.39, 0.29) is 24.3 Å². The molecule has 1 aromatic rings. The molecule has 2 aliphatic rings. The van der Waals surface area contributed by atoms with Crippen molar-refractivity contribution in [3.05, 3.63) is 35.9 Å². The molecule has 6 nitrogen and oxygen atoms in total. The minimum Gasteiger partial charge on any atom is -0.459 e. The van der Waals surface area contributed by atoms with E-state index in [4.69, 9.17) is 9.47 Å². The molecule has 1 saturated heterocycles. The minimum atomic E-state index is -0.874. The van der Waals surface area contributed by atoms with Gasteiger partial charge in [-0.25, -0.2) is 14.5 Å². The van der Waals surface area contributed by atoms with Crippen molar-refractivity contribution in [3.8, 4) is 0 Å². The fourth-order valence-electron chi connectivity index (χ4n) is 2.96. The molecule has 0 spiro atoms. The summed E-state index contributed by atoms with van der Waals surface area (Å²) < 4.78 is 10.6. The van der Waals surface area contributed by atoms with Crippen LogP contribution >= 0.6 is 0 Å². The van der Waals surface area contributed by atoms with E-state index in [0.29, 0.717) is 6.42 Å². The quantitative estimate of drug-likeness (QED) is 0.796. The van der Waals surface area contributed by atoms with Crippen LogP contribution in [-0.2, 0) is 25.7 Å². The fourth-order valence-corrected chi connectivity index (χ4v) is 2.96. The van der Waals surface area contributed by atoms with E-state index in [0.717, 1.165) is 10.5 Å². The maximum atomic E-state index is 12.5. The van der Waals surface area contributed by atoms with E-state index in [2.05, 4.69) is 0 Å². The molecule has 6 heteroatoms. The Morgan fingerprint density at radius 3 is 2.50 bits per heavy atom. The van der Waals surface area contributed by atoms with Crippen LogP contribution in [0, 0.1) is 11.8 Å². The Bertz CT molecular complexity index is 664. The summed E-state index contributed by atoms with van der Waals surface area (Å²) >= 11 is 0. The van der Waals surface area contributed by atoms with Gasteiger partial charge in [-0.05, 0) is 32.8 Å². The molecule has 0 unspecified atom stereocenters. The Kier molecular flexibility index (Phi) is 4.07. The lowest BCUT2D eigenvalue weighted by molar-refractivity contribution is -0.154. The van der Waals surface area contributed by atoms with Gasteiger partial charge in [0, 0.05) is 11.8 Å². The number of likely N-dealkylation sites (tertiary alicyclic amines) is 1. The molecule has 24 heavy (non-hydrogen) atoms. The van der Waals surface area contributed by atoms with Gasteiger partial charge in [0.1, 0.15) is 18.2 Å². The van der Waals surface area contributed by atoms with Crippen molar-refractivity contribution in [1.29, 1.82) is 0 Å². The molecule has 1 saturated carbocycles. The van der Waals surface area contributed by atoms with Crippen LogP contribution in [-0.4, -0.2) is 34.5 Å². The largest absolute Gasteiger partial charge is 0.459 e. The number of piperidine rings is 1. The molecule has 1 aliphatic carbocycles. The van der Waals surface area contributed by atoms with Gasteiger partial charge in [0.25, 0.3) is 0 Å². The van der Waals surface area contributed by atoms with Crippen LogP contribution < -0.4 is 0 Å². The van der Waals surface area contributed by atoms with Crippen LogP contribution in [0.3, 0.4) is 0 Å². The number of nitrogens with zero attached hydrogens (tertiary/aromatic N) is 1. The highest BCUT2D eigenvalue weighted by atomic mass is 16.6. The summed E-state index contributed by atoms with van der Waals surface area (Å²) in [5.74, 6) is -1.29. The summed E-state index contributed by atoms with van der Waals surface area (Å²) in [4.78, 5) is 38.0. The number of esters is 1. The molecule has 2 amide bonds. The topological polar surface area (TPSA) is 72.9 Å². The summed E-state index contributed by atoms with van der Waals surface area (Å²) in [6, 6.07) is 8.40. The summed E-state index contributed by atoms with van der Waals surface area (Å²) in [7, 11) is 0. The van der Waals surface area contributed by atoms with Crippen molar-refractivity contribution in [3.63, 3.8) is 0 Å². The first-order valence-corrected chi connectivity index (χ1v) is 8.04. The number of carbonyl (C=O) groups is 3. The van der Waals surface area contributed by atoms with E-state index < -0.39 is 23.7 Å². The predicted molar refractivity (Wildman–Crippen MR) is 84.7 cm³/mol. The highest BCUT2D eigenvalue weighted by molar-refractivity contribution is 6.03. The van der Waals surface area contributed by atoms with Gasteiger partial charge in [-0.15, -0.1) is 0 Å². The van der Waals surface area contributed by atoms with Gasteiger partial charge in [-0.2, -0.15) is 0 Å². The number of amides is 2. The van der Waals surface area contributed by atoms with E-state index >= 15 is 0 Å². The number of carbonyl (C=O) groups excluding carboxylic acids is 3. The normalized spacial score (nSPS) is 25.2.